The Balaban J connectivity index is 1.10. The summed E-state index contributed by atoms with van der Waals surface area (Å²) >= 11 is 0. The van der Waals surface area contributed by atoms with E-state index in [0.29, 0.717) is 0 Å². The highest BCUT2D eigenvalue weighted by atomic mass is 15.0. The molecule has 252 valence electrons. The Kier molecular flexibility index (Phi) is 6.90. The van der Waals surface area contributed by atoms with Crippen molar-refractivity contribution in [2.75, 3.05) is 0 Å². The van der Waals surface area contributed by atoms with Crippen molar-refractivity contribution in [2.24, 2.45) is 0 Å². The van der Waals surface area contributed by atoms with Crippen molar-refractivity contribution in [1.29, 1.82) is 0 Å². The number of rotatable bonds is 5. The van der Waals surface area contributed by atoms with Crippen LogP contribution < -0.4 is 0 Å². The lowest BCUT2D eigenvalue weighted by molar-refractivity contribution is 1.13. The highest BCUT2D eigenvalue weighted by molar-refractivity contribution is 6.18. The zero-order valence-corrected chi connectivity index (χ0v) is 29.5. The third-order valence-electron chi connectivity index (χ3n) is 11.1. The average Bonchev–Trinajstić information content (AvgIpc) is 3.83. The van der Waals surface area contributed by atoms with Gasteiger partial charge in [-0.15, -0.1) is 0 Å². The number of nitrogens with zero attached hydrogens (tertiary/aromatic N) is 2. The van der Waals surface area contributed by atoms with Gasteiger partial charge in [-0.3, -0.25) is 0 Å². The van der Waals surface area contributed by atoms with Crippen molar-refractivity contribution in [2.45, 2.75) is 0 Å². The molecular formula is C52H34N2. The summed E-state index contributed by atoms with van der Waals surface area (Å²) in [6.45, 7) is 0. The predicted octanol–water partition coefficient (Wildman–Crippen LogP) is 14.0. The lowest BCUT2D eigenvalue weighted by Crippen LogP contribution is -1.96. The van der Waals surface area contributed by atoms with Crippen LogP contribution in [0.1, 0.15) is 0 Å². The normalized spacial score (nSPS) is 11.7. The molecule has 2 aromatic heterocycles. The molecule has 54 heavy (non-hydrogen) atoms. The molecule has 0 saturated carbocycles. The van der Waals surface area contributed by atoms with E-state index in [1.807, 2.05) is 0 Å². The van der Waals surface area contributed by atoms with Crippen LogP contribution in [0.2, 0.25) is 0 Å². The third kappa shape index (κ3) is 4.96. The van der Waals surface area contributed by atoms with Crippen LogP contribution in [0.5, 0.6) is 0 Å². The van der Waals surface area contributed by atoms with Crippen LogP contribution >= 0.6 is 0 Å². The molecule has 11 rings (SSSR count). The van der Waals surface area contributed by atoms with Crippen molar-refractivity contribution in [3.8, 4) is 44.8 Å². The van der Waals surface area contributed by atoms with Crippen molar-refractivity contribution in [3.05, 3.63) is 206 Å². The standard InChI is InChI=1S/C52H34N2/c1-3-12-35(13-4-1)43-31-44(36-14-5-2-6-15-36)34-46(33-43)53-27-26-49-50(53)25-24-48-47-20-9-10-21-51(47)54(52(48)49)45-19-11-18-39(32-45)40-22-23-41-28-37-16-7-8-17-38(37)29-42(41)30-40/h1-34H. The van der Waals surface area contributed by atoms with E-state index < -0.39 is 0 Å². The first-order valence-corrected chi connectivity index (χ1v) is 18.6. The zero-order valence-electron chi connectivity index (χ0n) is 29.5. The summed E-state index contributed by atoms with van der Waals surface area (Å²) in [6, 6.07) is 73.1. The molecule has 0 radical (unpaired) electrons. The van der Waals surface area contributed by atoms with E-state index in [1.165, 1.54) is 87.6 Å². The number of fused-ring (bicyclic) bond motifs is 7. The number of para-hydroxylation sites is 1. The van der Waals surface area contributed by atoms with Gasteiger partial charge in [0.1, 0.15) is 0 Å². The molecule has 0 spiro atoms. The van der Waals surface area contributed by atoms with Crippen molar-refractivity contribution in [1.82, 2.24) is 9.13 Å². The summed E-state index contributed by atoms with van der Waals surface area (Å²) in [5.74, 6) is 0. The minimum absolute atomic E-state index is 1.14. The van der Waals surface area contributed by atoms with Crippen LogP contribution in [-0.4, -0.2) is 9.13 Å². The summed E-state index contributed by atoms with van der Waals surface area (Å²) in [4.78, 5) is 0. The van der Waals surface area contributed by atoms with Gasteiger partial charge in [0, 0.05) is 33.7 Å². The Labute approximate surface area is 313 Å². The maximum atomic E-state index is 2.46. The molecule has 11 aromatic rings. The fraction of sp³-hybridized carbons (Fsp3) is 0. The summed E-state index contributed by atoms with van der Waals surface area (Å²) in [5.41, 5.74) is 13.1. The van der Waals surface area contributed by atoms with Gasteiger partial charge < -0.3 is 9.13 Å². The van der Waals surface area contributed by atoms with E-state index in [4.69, 9.17) is 0 Å². The molecule has 0 atom stereocenters. The van der Waals surface area contributed by atoms with Gasteiger partial charge >= 0.3 is 0 Å². The fourth-order valence-electron chi connectivity index (χ4n) is 8.46. The number of hydrogen-bond donors (Lipinski definition) is 0. The first kappa shape index (κ1) is 30.5. The van der Waals surface area contributed by atoms with Crippen LogP contribution in [0.15, 0.2) is 206 Å². The molecule has 2 heterocycles. The molecule has 0 fully saturated rings. The van der Waals surface area contributed by atoms with Crippen molar-refractivity contribution in [3.63, 3.8) is 0 Å². The first-order chi connectivity index (χ1) is 26.7. The van der Waals surface area contributed by atoms with Gasteiger partial charge in [0.25, 0.3) is 0 Å². The van der Waals surface area contributed by atoms with E-state index in [9.17, 15) is 0 Å². The topological polar surface area (TPSA) is 9.86 Å². The Hall–Kier alpha value is -7.16. The summed E-state index contributed by atoms with van der Waals surface area (Å²) in [7, 11) is 0. The third-order valence-corrected chi connectivity index (χ3v) is 11.1. The molecule has 2 nitrogen and oxygen atoms in total. The monoisotopic (exact) mass is 686 g/mol. The van der Waals surface area contributed by atoms with Crippen LogP contribution in [0.3, 0.4) is 0 Å². The van der Waals surface area contributed by atoms with Crippen LogP contribution in [0.25, 0.3) is 99.0 Å². The van der Waals surface area contributed by atoms with Crippen LogP contribution in [0.4, 0.5) is 0 Å². The quantitative estimate of drug-likeness (QED) is 0.160. The molecule has 2 heteroatoms. The SMILES string of the molecule is c1ccc(-c2cc(-c3ccccc3)cc(-n3ccc4c3ccc3c5ccccc5n(-c5cccc(-c6ccc7cc8ccccc8cc7c6)c5)c34)c2)cc1. The van der Waals surface area contributed by atoms with E-state index in [-0.39, 0.29) is 0 Å². The minimum atomic E-state index is 1.14. The second-order valence-electron chi connectivity index (χ2n) is 14.2. The van der Waals surface area contributed by atoms with Crippen LogP contribution in [0, 0.1) is 0 Å². The zero-order chi connectivity index (χ0) is 35.6. The maximum absolute atomic E-state index is 2.46. The van der Waals surface area contributed by atoms with E-state index >= 15 is 0 Å². The Bertz CT molecular complexity index is 3140. The Morgan fingerprint density at radius 3 is 1.65 bits per heavy atom. The number of aromatic nitrogens is 2. The smallest absolute Gasteiger partial charge is 0.0635 e. The Morgan fingerprint density at radius 1 is 0.278 bits per heavy atom. The van der Waals surface area contributed by atoms with Gasteiger partial charge in [-0.25, -0.2) is 0 Å². The molecular weight excluding hydrogens is 653 g/mol. The molecule has 0 aliphatic rings. The highest BCUT2D eigenvalue weighted by Crippen LogP contribution is 2.39. The lowest BCUT2D eigenvalue weighted by atomic mass is 9.98. The summed E-state index contributed by atoms with van der Waals surface area (Å²) in [5, 5.41) is 8.77. The van der Waals surface area contributed by atoms with Gasteiger partial charge in [0.05, 0.1) is 16.6 Å². The Morgan fingerprint density at radius 2 is 0.889 bits per heavy atom. The second kappa shape index (κ2) is 12.2. The molecule has 0 unspecified atom stereocenters. The lowest BCUT2D eigenvalue weighted by Gasteiger charge is -2.14. The molecule has 0 bridgehead atoms. The van der Waals surface area contributed by atoms with Gasteiger partial charge in [0.2, 0.25) is 0 Å². The van der Waals surface area contributed by atoms with E-state index in [2.05, 4.69) is 216 Å². The maximum Gasteiger partial charge on any atom is 0.0635 e. The van der Waals surface area contributed by atoms with Crippen LogP contribution in [-0.2, 0) is 0 Å². The van der Waals surface area contributed by atoms with Crippen molar-refractivity contribution >= 4 is 54.3 Å². The van der Waals surface area contributed by atoms with Gasteiger partial charge in [-0.1, -0.05) is 133 Å². The average molecular weight is 687 g/mol. The summed E-state index contributed by atoms with van der Waals surface area (Å²) in [6.07, 6.45) is 2.24. The number of benzene rings is 9. The molecule has 9 aromatic carbocycles. The minimum Gasteiger partial charge on any atom is -0.316 e. The number of hydrogen-bond acceptors (Lipinski definition) is 0. The van der Waals surface area contributed by atoms with Crippen molar-refractivity contribution < 1.29 is 0 Å². The summed E-state index contributed by atoms with van der Waals surface area (Å²) < 4.78 is 4.82. The van der Waals surface area contributed by atoms with Gasteiger partial charge in [-0.2, -0.15) is 0 Å². The molecule has 0 amide bonds. The van der Waals surface area contributed by atoms with E-state index in [0.717, 1.165) is 11.4 Å². The largest absolute Gasteiger partial charge is 0.316 e. The first-order valence-electron chi connectivity index (χ1n) is 18.6. The van der Waals surface area contributed by atoms with Gasteiger partial charge in [-0.05, 0) is 122 Å². The molecule has 0 saturated heterocycles. The van der Waals surface area contributed by atoms with E-state index in [1.54, 1.807) is 0 Å². The predicted molar refractivity (Wildman–Crippen MR) is 229 cm³/mol. The molecule has 0 aliphatic heterocycles. The second-order valence-corrected chi connectivity index (χ2v) is 14.2. The molecule has 0 N–H and O–H groups in total. The molecule has 0 aliphatic carbocycles. The van der Waals surface area contributed by atoms with Gasteiger partial charge in [0.15, 0.2) is 0 Å². The fourth-order valence-corrected chi connectivity index (χ4v) is 8.46. The highest BCUT2D eigenvalue weighted by Gasteiger charge is 2.18.